The third-order valence-electron chi connectivity index (χ3n) is 3.06. The van der Waals surface area contributed by atoms with Crippen molar-refractivity contribution in [3.05, 3.63) is 42.2 Å². The van der Waals surface area contributed by atoms with E-state index in [1.54, 1.807) is 9.58 Å². The molecule has 0 saturated carbocycles. The van der Waals surface area contributed by atoms with Gasteiger partial charge in [-0.05, 0) is 25.0 Å². The lowest BCUT2D eigenvalue weighted by Gasteiger charge is -2.10. The molecule has 2 aromatic rings. The summed E-state index contributed by atoms with van der Waals surface area (Å²) in [7, 11) is 3.71. The van der Waals surface area contributed by atoms with Crippen LogP contribution in [0.15, 0.2) is 46.7 Å². The number of rotatable bonds is 6. The number of hydrogen-bond acceptors (Lipinski definition) is 5. The molecule has 0 saturated heterocycles. The predicted octanol–water partition coefficient (Wildman–Crippen LogP) is 1.62. The van der Waals surface area contributed by atoms with Crippen LogP contribution in [0.1, 0.15) is 12.1 Å². The average Bonchev–Trinajstić information content (AvgIpc) is 3.00. The predicted molar refractivity (Wildman–Crippen MR) is 85.9 cm³/mol. The van der Waals surface area contributed by atoms with Gasteiger partial charge in [0.15, 0.2) is 0 Å². The first-order chi connectivity index (χ1) is 10.7. The van der Waals surface area contributed by atoms with Gasteiger partial charge in [0.25, 0.3) is 0 Å². The van der Waals surface area contributed by atoms with Crippen LogP contribution in [0, 0.1) is 0 Å². The zero-order valence-corrected chi connectivity index (χ0v) is 12.8. The fourth-order valence-corrected chi connectivity index (χ4v) is 1.92. The zero-order valence-electron chi connectivity index (χ0n) is 12.8. The molecule has 0 aliphatic rings. The number of aryl methyl sites for hydroxylation is 1. The first kappa shape index (κ1) is 15.7. The van der Waals surface area contributed by atoms with E-state index in [4.69, 9.17) is 5.21 Å². The molecule has 0 radical (unpaired) electrons. The van der Waals surface area contributed by atoms with E-state index in [0.29, 0.717) is 12.4 Å². The van der Waals surface area contributed by atoms with Gasteiger partial charge in [-0.25, -0.2) is 4.68 Å². The topological polar surface area (TPSA) is 78.9 Å². The van der Waals surface area contributed by atoms with Crippen molar-refractivity contribution >= 4 is 12.1 Å². The molecule has 0 aliphatic carbocycles. The van der Waals surface area contributed by atoms with Gasteiger partial charge in [-0.1, -0.05) is 28.6 Å². The van der Waals surface area contributed by atoms with Crippen LogP contribution in [-0.2, 0) is 6.42 Å². The summed E-state index contributed by atoms with van der Waals surface area (Å²) in [6.45, 7) is 0.637. The van der Waals surface area contributed by atoms with Crippen LogP contribution in [0.3, 0.4) is 0 Å². The summed E-state index contributed by atoms with van der Waals surface area (Å²) >= 11 is 0. The number of para-hydroxylation sites is 1. The van der Waals surface area contributed by atoms with E-state index in [0.717, 1.165) is 24.2 Å². The maximum Gasteiger partial charge on any atom is 0.145 e. The summed E-state index contributed by atoms with van der Waals surface area (Å²) in [5.74, 6) is 0.635. The number of hydrogen-bond donors (Lipinski definition) is 1. The Kier molecular flexibility index (Phi) is 5.65. The van der Waals surface area contributed by atoms with E-state index in [1.807, 2.05) is 50.6 Å². The molecule has 0 aliphatic heterocycles. The molecule has 0 bridgehead atoms. The highest BCUT2D eigenvalue weighted by atomic mass is 16.4. The van der Waals surface area contributed by atoms with Crippen molar-refractivity contribution in [2.45, 2.75) is 12.8 Å². The maximum atomic E-state index is 8.57. The highest BCUT2D eigenvalue weighted by molar-refractivity contribution is 6.28. The van der Waals surface area contributed by atoms with Gasteiger partial charge < -0.3 is 10.1 Å². The van der Waals surface area contributed by atoms with Crippen LogP contribution in [-0.4, -0.2) is 57.8 Å². The third-order valence-corrected chi connectivity index (χ3v) is 3.06. The Morgan fingerprint density at radius 2 is 2.09 bits per heavy atom. The zero-order chi connectivity index (χ0) is 15.8. The maximum absolute atomic E-state index is 8.57. The SMILES string of the molecule is CN(C)C(/C=N/O)=N\CCCc1cn(-c2ccccc2)nn1. The van der Waals surface area contributed by atoms with Crippen molar-refractivity contribution in [2.24, 2.45) is 10.1 Å². The van der Waals surface area contributed by atoms with Crippen molar-refractivity contribution in [3.8, 4) is 5.69 Å². The Bertz CT molecular complexity index is 632. The largest absolute Gasteiger partial charge is 0.411 e. The molecule has 0 atom stereocenters. The second-order valence-corrected chi connectivity index (χ2v) is 4.97. The number of nitrogens with zero attached hydrogens (tertiary/aromatic N) is 6. The first-order valence-electron chi connectivity index (χ1n) is 7.06. The molecule has 1 heterocycles. The monoisotopic (exact) mass is 300 g/mol. The van der Waals surface area contributed by atoms with E-state index in [-0.39, 0.29) is 0 Å². The van der Waals surface area contributed by atoms with Crippen molar-refractivity contribution in [1.29, 1.82) is 0 Å². The minimum absolute atomic E-state index is 0.635. The molecule has 0 unspecified atom stereocenters. The van der Waals surface area contributed by atoms with E-state index in [9.17, 15) is 0 Å². The lowest BCUT2D eigenvalue weighted by Crippen LogP contribution is -2.23. The molecule has 0 fully saturated rings. The van der Waals surface area contributed by atoms with Crippen LogP contribution in [0.25, 0.3) is 5.69 Å². The van der Waals surface area contributed by atoms with Crippen LogP contribution in [0.5, 0.6) is 0 Å². The summed E-state index contributed by atoms with van der Waals surface area (Å²) in [5, 5.41) is 19.9. The summed E-state index contributed by atoms with van der Waals surface area (Å²) in [6.07, 6.45) is 4.91. The van der Waals surface area contributed by atoms with E-state index < -0.39 is 0 Å². The number of amidine groups is 1. The van der Waals surface area contributed by atoms with Gasteiger partial charge in [0.1, 0.15) is 12.1 Å². The van der Waals surface area contributed by atoms with Gasteiger partial charge in [-0.2, -0.15) is 0 Å². The van der Waals surface area contributed by atoms with Crippen molar-refractivity contribution < 1.29 is 5.21 Å². The van der Waals surface area contributed by atoms with Gasteiger partial charge in [0.2, 0.25) is 0 Å². The Morgan fingerprint density at radius 3 is 2.77 bits per heavy atom. The van der Waals surface area contributed by atoms with Crippen molar-refractivity contribution in [1.82, 2.24) is 19.9 Å². The second kappa shape index (κ2) is 7.92. The van der Waals surface area contributed by atoms with Crippen LogP contribution < -0.4 is 0 Å². The van der Waals surface area contributed by atoms with Crippen molar-refractivity contribution in [3.63, 3.8) is 0 Å². The molecule has 1 N–H and O–H groups in total. The second-order valence-electron chi connectivity index (χ2n) is 4.97. The highest BCUT2D eigenvalue weighted by Gasteiger charge is 2.03. The normalized spacial score (nSPS) is 12.0. The lowest BCUT2D eigenvalue weighted by atomic mass is 10.2. The van der Waals surface area contributed by atoms with E-state index >= 15 is 0 Å². The number of oxime groups is 1. The Hall–Kier alpha value is -2.70. The summed E-state index contributed by atoms with van der Waals surface area (Å²) in [4.78, 5) is 6.17. The molecule has 0 amide bonds. The first-order valence-corrected chi connectivity index (χ1v) is 7.06. The highest BCUT2D eigenvalue weighted by Crippen LogP contribution is 2.07. The summed E-state index contributed by atoms with van der Waals surface area (Å²) in [5.41, 5.74) is 1.93. The summed E-state index contributed by atoms with van der Waals surface area (Å²) < 4.78 is 1.77. The Morgan fingerprint density at radius 1 is 1.32 bits per heavy atom. The van der Waals surface area contributed by atoms with Crippen LogP contribution >= 0.6 is 0 Å². The van der Waals surface area contributed by atoms with Gasteiger partial charge in [-0.3, -0.25) is 4.99 Å². The smallest absolute Gasteiger partial charge is 0.145 e. The van der Waals surface area contributed by atoms with Gasteiger partial charge >= 0.3 is 0 Å². The van der Waals surface area contributed by atoms with Crippen molar-refractivity contribution in [2.75, 3.05) is 20.6 Å². The van der Waals surface area contributed by atoms with Crippen LogP contribution in [0.4, 0.5) is 0 Å². The fraction of sp³-hybridized carbons (Fsp3) is 0.333. The third kappa shape index (κ3) is 4.41. The molecule has 2 rings (SSSR count). The van der Waals surface area contributed by atoms with E-state index in [2.05, 4.69) is 20.5 Å². The molecular formula is C15H20N6O. The average molecular weight is 300 g/mol. The minimum atomic E-state index is 0.635. The number of aromatic nitrogens is 3. The Labute approximate surface area is 129 Å². The molecule has 7 heteroatoms. The van der Waals surface area contributed by atoms with Gasteiger partial charge in [-0.15, -0.1) is 5.10 Å². The fourth-order valence-electron chi connectivity index (χ4n) is 1.92. The molecule has 1 aromatic carbocycles. The number of benzene rings is 1. The summed E-state index contributed by atoms with van der Waals surface area (Å²) in [6, 6.07) is 9.88. The standard InChI is InChI=1S/C15H20N6O/c1-20(2)15(11-17-22)16-10-6-7-13-12-21(19-18-13)14-8-4-3-5-9-14/h3-5,8-9,11-12,22H,6-7,10H2,1-2H3/b16-15-,17-11+. The van der Waals surface area contributed by atoms with Crippen LogP contribution in [0.2, 0.25) is 0 Å². The molecular weight excluding hydrogens is 280 g/mol. The quantitative estimate of drug-likeness (QED) is 0.289. The van der Waals surface area contributed by atoms with Gasteiger partial charge in [0.05, 0.1) is 17.6 Å². The molecule has 0 spiro atoms. The molecule has 22 heavy (non-hydrogen) atoms. The minimum Gasteiger partial charge on any atom is -0.411 e. The molecule has 7 nitrogen and oxygen atoms in total. The number of aliphatic imine (C=N–C) groups is 1. The molecule has 116 valence electrons. The van der Waals surface area contributed by atoms with Gasteiger partial charge in [0, 0.05) is 20.6 Å². The lowest BCUT2D eigenvalue weighted by molar-refractivity contribution is 0.322. The van der Waals surface area contributed by atoms with E-state index in [1.165, 1.54) is 6.21 Å². The Balaban J connectivity index is 1.88. The molecule has 1 aromatic heterocycles.